The molecule has 2 aromatic heterocycles. The van der Waals surface area contributed by atoms with Crippen molar-refractivity contribution in [3.05, 3.63) is 66.6 Å². The van der Waals surface area contributed by atoms with Crippen LogP contribution < -0.4 is 5.32 Å². The third-order valence-corrected chi connectivity index (χ3v) is 3.99. The standard InChI is InChI=1S/C19H22N4O/c1-15(20-13-19(24)22-10-6-7-11-22)14-23-16(2)12-18(21-23)17-8-4-3-5-9-17/h3-12,15,20H,13-14H2,1-2H3/t15-/m0/s1. The zero-order chi connectivity index (χ0) is 16.9. The van der Waals surface area contributed by atoms with E-state index in [1.165, 1.54) is 0 Å². The minimum Gasteiger partial charge on any atom is -0.304 e. The van der Waals surface area contributed by atoms with Crippen LogP contribution in [-0.2, 0) is 6.54 Å². The Morgan fingerprint density at radius 1 is 1.17 bits per heavy atom. The molecule has 3 rings (SSSR count). The molecule has 0 aliphatic rings. The molecule has 1 aromatic carbocycles. The fourth-order valence-corrected chi connectivity index (χ4v) is 2.62. The number of rotatable bonds is 6. The summed E-state index contributed by atoms with van der Waals surface area (Å²) in [6.07, 6.45) is 3.52. The quantitative estimate of drug-likeness (QED) is 0.759. The summed E-state index contributed by atoms with van der Waals surface area (Å²) in [5, 5.41) is 7.95. The van der Waals surface area contributed by atoms with Gasteiger partial charge in [0, 0.05) is 29.7 Å². The summed E-state index contributed by atoms with van der Waals surface area (Å²) >= 11 is 0. The van der Waals surface area contributed by atoms with E-state index in [2.05, 4.69) is 42.5 Å². The minimum atomic E-state index is 0.0361. The van der Waals surface area contributed by atoms with Crippen molar-refractivity contribution in [2.75, 3.05) is 6.54 Å². The van der Waals surface area contributed by atoms with Crippen molar-refractivity contribution >= 4 is 5.91 Å². The van der Waals surface area contributed by atoms with E-state index in [0.29, 0.717) is 6.54 Å². The van der Waals surface area contributed by atoms with Crippen LogP contribution in [0.15, 0.2) is 60.9 Å². The van der Waals surface area contributed by atoms with Crippen molar-refractivity contribution in [2.24, 2.45) is 0 Å². The molecule has 0 saturated carbocycles. The van der Waals surface area contributed by atoms with Gasteiger partial charge in [-0.25, -0.2) is 0 Å². The summed E-state index contributed by atoms with van der Waals surface area (Å²) in [6, 6.07) is 16.1. The summed E-state index contributed by atoms with van der Waals surface area (Å²) in [5.41, 5.74) is 3.20. The van der Waals surface area contributed by atoms with Gasteiger partial charge in [-0.05, 0) is 32.0 Å². The molecule has 0 fully saturated rings. The maximum atomic E-state index is 12.0. The van der Waals surface area contributed by atoms with Crippen LogP contribution in [0.3, 0.4) is 0 Å². The van der Waals surface area contributed by atoms with Gasteiger partial charge in [-0.1, -0.05) is 30.3 Å². The van der Waals surface area contributed by atoms with Crippen molar-refractivity contribution in [2.45, 2.75) is 26.4 Å². The van der Waals surface area contributed by atoms with Crippen LogP contribution in [0.5, 0.6) is 0 Å². The summed E-state index contributed by atoms with van der Waals surface area (Å²) in [5.74, 6) is 0.0361. The number of carbonyl (C=O) groups excluding carboxylic acids is 1. The number of aromatic nitrogens is 3. The Bertz CT molecular complexity index is 790. The van der Waals surface area contributed by atoms with Crippen molar-refractivity contribution in [3.63, 3.8) is 0 Å². The predicted molar refractivity (Wildman–Crippen MR) is 94.9 cm³/mol. The molecular formula is C19H22N4O. The Morgan fingerprint density at radius 3 is 2.58 bits per heavy atom. The molecule has 0 aliphatic carbocycles. The van der Waals surface area contributed by atoms with Gasteiger partial charge in [0.25, 0.3) is 0 Å². The van der Waals surface area contributed by atoms with E-state index in [1.54, 1.807) is 17.0 Å². The molecule has 1 N–H and O–H groups in total. The molecular weight excluding hydrogens is 300 g/mol. The molecule has 0 amide bonds. The van der Waals surface area contributed by atoms with E-state index in [1.807, 2.05) is 35.0 Å². The van der Waals surface area contributed by atoms with E-state index in [0.717, 1.165) is 23.5 Å². The van der Waals surface area contributed by atoms with Crippen molar-refractivity contribution in [1.29, 1.82) is 0 Å². The molecule has 0 unspecified atom stereocenters. The molecule has 3 aromatic rings. The molecule has 5 nitrogen and oxygen atoms in total. The van der Waals surface area contributed by atoms with Crippen LogP contribution in [-0.4, -0.2) is 32.8 Å². The molecule has 0 radical (unpaired) electrons. The lowest BCUT2D eigenvalue weighted by atomic mass is 10.1. The first-order valence-electron chi connectivity index (χ1n) is 8.13. The first-order valence-corrected chi connectivity index (χ1v) is 8.13. The lowest BCUT2D eigenvalue weighted by Crippen LogP contribution is -2.36. The van der Waals surface area contributed by atoms with Crippen molar-refractivity contribution < 1.29 is 4.79 Å². The highest BCUT2D eigenvalue weighted by atomic mass is 16.2. The smallest absolute Gasteiger partial charge is 0.244 e. The second-order valence-corrected chi connectivity index (χ2v) is 5.99. The highest BCUT2D eigenvalue weighted by Gasteiger charge is 2.11. The predicted octanol–water partition coefficient (Wildman–Crippen LogP) is 2.98. The molecule has 0 aliphatic heterocycles. The Kier molecular flexibility index (Phi) is 4.91. The van der Waals surface area contributed by atoms with Gasteiger partial charge < -0.3 is 5.32 Å². The van der Waals surface area contributed by atoms with Crippen molar-refractivity contribution in [3.8, 4) is 11.3 Å². The molecule has 0 spiro atoms. The second kappa shape index (κ2) is 7.27. The monoisotopic (exact) mass is 322 g/mol. The molecule has 124 valence electrons. The van der Waals surface area contributed by atoms with Gasteiger partial charge in [0.2, 0.25) is 5.91 Å². The molecule has 0 bridgehead atoms. The zero-order valence-corrected chi connectivity index (χ0v) is 14.0. The normalized spacial score (nSPS) is 12.2. The van der Waals surface area contributed by atoms with Crippen LogP contribution >= 0.6 is 0 Å². The first-order chi connectivity index (χ1) is 11.6. The molecule has 5 heteroatoms. The third kappa shape index (κ3) is 3.81. The molecule has 1 atom stereocenters. The lowest BCUT2D eigenvalue weighted by Gasteiger charge is -2.14. The Morgan fingerprint density at radius 2 is 1.88 bits per heavy atom. The number of benzene rings is 1. The van der Waals surface area contributed by atoms with Crippen molar-refractivity contribution in [1.82, 2.24) is 19.7 Å². The zero-order valence-electron chi connectivity index (χ0n) is 14.0. The van der Waals surface area contributed by atoms with E-state index in [-0.39, 0.29) is 11.9 Å². The highest BCUT2D eigenvalue weighted by Crippen LogP contribution is 2.18. The number of carbonyl (C=O) groups is 1. The van der Waals surface area contributed by atoms with Gasteiger partial charge >= 0.3 is 0 Å². The topological polar surface area (TPSA) is 51.9 Å². The number of nitrogens with zero attached hydrogens (tertiary/aromatic N) is 3. The Hall–Kier alpha value is -2.66. The molecule has 0 saturated heterocycles. The summed E-state index contributed by atoms with van der Waals surface area (Å²) < 4.78 is 3.58. The number of aryl methyl sites for hydroxylation is 1. The van der Waals surface area contributed by atoms with E-state index < -0.39 is 0 Å². The summed E-state index contributed by atoms with van der Waals surface area (Å²) in [6.45, 7) is 5.14. The van der Waals surface area contributed by atoms with E-state index >= 15 is 0 Å². The summed E-state index contributed by atoms with van der Waals surface area (Å²) in [4.78, 5) is 12.0. The number of hydrogen-bond donors (Lipinski definition) is 1. The number of nitrogens with one attached hydrogen (secondary N) is 1. The van der Waals surface area contributed by atoms with E-state index in [4.69, 9.17) is 0 Å². The average molecular weight is 322 g/mol. The fourth-order valence-electron chi connectivity index (χ4n) is 2.62. The maximum Gasteiger partial charge on any atom is 0.244 e. The molecule has 2 heterocycles. The largest absolute Gasteiger partial charge is 0.304 e. The fraction of sp³-hybridized carbons (Fsp3) is 0.263. The maximum absolute atomic E-state index is 12.0. The van der Waals surface area contributed by atoms with Gasteiger partial charge in [0.1, 0.15) is 0 Å². The van der Waals surface area contributed by atoms with Gasteiger partial charge in [-0.2, -0.15) is 5.10 Å². The van der Waals surface area contributed by atoms with Gasteiger partial charge in [0.05, 0.1) is 18.8 Å². The third-order valence-electron chi connectivity index (χ3n) is 3.99. The van der Waals surface area contributed by atoms with Crippen LogP contribution in [0.2, 0.25) is 0 Å². The van der Waals surface area contributed by atoms with Crippen LogP contribution in [0.25, 0.3) is 11.3 Å². The van der Waals surface area contributed by atoms with E-state index in [9.17, 15) is 4.79 Å². The van der Waals surface area contributed by atoms with Crippen LogP contribution in [0.1, 0.15) is 17.4 Å². The molecule has 24 heavy (non-hydrogen) atoms. The average Bonchev–Trinajstić information content (AvgIpc) is 3.24. The first kappa shape index (κ1) is 16.2. The van der Waals surface area contributed by atoms with Gasteiger partial charge in [-0.3, -0.25) is 14.0 Å². The highest BCUT2D eigenvalue weighted by molar-refractivity contribution is 5.80. The second-order valence-electron chi connectivity index (χ2n) is 5.99. The SMILES string of the molecule is Cc1cc(-c2ccccc2)nn1C[C@H](C)NCC(=O)n1cccc1. The number of hydrogen-bond acceptors (Lipinski definition) is 3. The van der Waals surface area contributed by atoms with Gasteiger partial charge in [0.15, 0.2) is 0 Å². The lowest BCUT2D eigenvalue weighted by molar-refractivity contribution is 0.0908. The van der Waals surface area contributed by atoms with Crippen LogP contribution in [0.4, 0.5) is 0 Å². The Labute approximate surface area is 141 Å². The summed E-state index contributed by atoms with van der Waals surface area (Å²) in [7, 11) is 0. The minimum absolute atomic E-state index is 0.0361. The van der Waals surface area contributed by atoms with Gasteiger partial charge in [-0.15, -0.1) is 0 Å². The van der Waals surface area contributed by atoms with Crippen LogP contribution in [0, 0.1) is 6.92 Å². The Balaban J connectivity index is 1.59.